The van der Waals surface area contributed by atoms with Gasteiger partial charge in [-0.2, -0.15) is 0 Å². The van der Waals surface area contributed by atoms with Gasteiger partial charge in [0.1, 0.15) is 5.56 Å². The van der Waals surface area contributed by atoms with E-state index in [1.165, 1.54) is 16.8 Å². The zero-order chi connectivity index (χ0) is 14.9. The Labute approximate surface area is 132 Å². The molecule has 0 amide bonds. The first kappa shape index (κ1) is 15.1. The quantitative estimate of drug-likeness (QED) is 0.889. The van der Waals surface area contributed by atoms with Crippen LogP contribution in [0.15, 0.2) is 39.7 Å². The van der Waals surface area contributed by atoms with E-state index in [-0.39, 0.29) is 12.1 Å². The molecule has 0 saturated heterocycles. The highest BCUT2D eigenvalue weighted by Gasteiger charge is 2.13. The van der Waals surface area contributed by atoms with Crippen molar-refractivity contribution in [3.8, 4) is 0 Å². The van der Waals surface area contributed by atoms with Crippen LogP contribution in [-0.4, -0.2) is 15.6 Å². The highest BCUT2D eigenvalue weighted by Crippen LogP contribution is 2.22. The van der Waals surface area contributed by atoms with Crippen LogP contribution in [0.5, 0.6) is 0 Å². The van der Waals surface area contributed by atoms with Gasteiger partial charge in [0.25, 0.3) is 5.56 Å². The number of aromatic carboxylic acids is 1. The number of nitrogens with zero attached hydrogens (tertiary/aromatic N) is 1. The van der Waals surface area contributed by atoms with Crippen molar-refractivity contribution in [3.63, 3.8) is 0 Å². The number of carboxylic acid groups (broad SMARTS) is 1. The van der Waals surface area contributed by atoms with E-state index in [1.807, 2.05) is 0 Å². The van der Waals surface area contributed by atoms with Crippen molar-refractivity contribution < 1.29 is 9.90 Å². The van der Waals surface area contributed by atoms with Gasteiger partial charge in [-0.15, -0.1) is 0 Å². The molecule has 0 spiro atoms. The van der Waals surface area contributed by atoms with Crippen LogP contribution in [0.3, 0.4) is 0 Å². The molecule has 0 radical (unpaired) electrons. The van der Waals surface area contributed by atoms with Crippen LogP contribution in [0, 0.1) is 0 Å². The van der Waals surface area contributed by atoms with E-state index in [1.54, 1.807) is 18.2 Å². The van der Waals surface area contributed by atoms with Crippen LogP contribution in [0.1, 0.15) is 15.9 Å². The SMILES string of the molecule is O=C(O)c1cc(Br)cn(Cc2ccc(Cl)cc2Cl)c1=O. The van der Waals surface area contributed by atoms with Crippen molar-refractivity contribution >= 4 is 45.1 Å². The van der Waals surface area contributed by atoms with Crippen molar-refractivity contribution in [3.05, 3.63) is 66.5 Å². The maximum atomic E-state index is 12.0. The lowest BCUT2D eigenvalue weighted by molar-refractivity contribution is 0.0694. The lowest BCUT2D eigenvalue weighted by Gasteiger charge is -2.09. The second-order valence-corrected chi connectivity index (χ2v) is 5.81. The molecule has 4 nitrogen and oxygen atoms in total. The maximum absolute atomic E-state index is 12.0. The predicted molar refractivity (Wildman–Crippen MR) is 80.9 cm³/mol. The lowest BCUT2D eigenvalue weighted by Crippen LogP contribution is -2.26. The molecule has 0 unspecified atom stereocenters. The topological polar surface area (TPSA) is 59.3 Å². The lowest BCUT2D eigenvalue weighted by atomic mass is 10.2. The van der Waals surface area contributed by atoms with Gasteiger partial charge in [-0.05, 0) is 39.7 Å². The molecule has 0 bridgehead atoms. The Kier molecular flexibility index (Phi) is 4.52. The van der Waals surface area contributed by atoms with Gasteiger partial charge in [-0.3, -0.25) is 4.79 Å². The highest BCUT2D eigenvalue weighted by molar-refractivity contribution is 9.10. The van der Waals surface area contributed by atoms with Gasteiger partial charge in [0.15, 0.2) is 0 Å². The summed E-state index contributed by atoms with van der Waals surface area (Å²) in [6, 6.07) is 6.19. The molecule has 0 aliphatic carbocycles. The minimum absolute atomic E-state index is 0.161. The summed E-state index contributed by atoms with van der Waals surface area (Å²) in [6.07, 6.45) is 1.51. The van der Waals surface area contributed by atoms with E-state index in [4.69, 9.17) is 28.3 Å². The summed E-state index contributed by atoms with van der Waals surface area (Å²) >= 11 is 15.0. The summed E-state index contributed by atoms with van der Waals surface area (Å²) < 4.78 is 1.78. The van der Waals surface area contributed by atoms with Gasteiger partial charge in [0.05, 0.1) is 6.54 Å². The molecule has 1 aromatic heterocycles. The normalized spacial score (nSPS) is 10.6. The first-order valence-corrected chi connectivity index (χ1v) is 7.00. The monoisotopic (exact) mass is 375 g/mol. The number of benzene rings is 1. The number of hydrogen-bond donors (Lipinski definition) is 1. The minimum Gasteiger partial charge on any atom is -0.477 e. The minimum atomic E-state index is -1.27. The summed E-state index contributed by atoms with van der Waals surface area (Å²) in [4.78, 5) is 23.0. The number of pyridine rings is 1. The van der Waals surface area contributed by atoms with E-state index in [2.05, 4.69) is 15.9 Å². The molecule has 0 aliphatic heterocycles. The molecule has 0 fully saturated rings. The van der Waals surface area contributed by atoms with Crippen molar-refractivity contribution in [2.75, 3.05) is 0 Å². The number of hydrogen-bond acceptors (Lipinski definition) is 2. The second kappa shape index (κ2) is 5.99. The fourth-order valence-corrected chi connectivity index (χ4v) is 2.65. The van der Waals surface area contributed by atoms with Crippen molar-refractivity contribution in [1.82, 2.24) is 4.57 Å². The Morgan fingerprint density at radius 1 is 1.30 bits per heavy atom. The Balaban J connectivity index is 2.48. The molecule has 2 rings (SSSR count). The molecule has 104 valence electrons. The van der Waals surface area contributed by atoms with Crippen LogP contribution >= 0.6 is 39.1 Å². The zero-order valence-electron chi connectivity index (χ0n) is 9.94. The van der Waals surface area contributed by atoms with Crippen LogP contribution in [-0.2, 0) is 6.54 Å². The predicted octanol–water partition coefficient (Wildman–Crippen LogP) is 3.66. The Bertz CT molecular complexity index is 743. The van der Waals surface area contributed by atoms with Crippen LogP contribution in [0.2, 0.25) is 10.0 Å². The van der Waals surface area contributed by atoms with Crippen LogP contribution in [0.4, 0.5) is 0 Å². The van der Waals surface area contributed by atoms with Gasteiger partial charge in [0, 0.05) is 20.7 Å². The third-order valence-corrected chi connectivity index (χ3v) is 3.66. The van der Waals surface area contributed by atoms with Gasteiger partial charge in [0.2, 0.25) is 0 Å². The largest absolute Gasteiger partial charge is 0.477 e. The van der Waals surface area contributed by atoms with Crippen LogP contribution in [0.25, 0.3) is 0 Å². The number of rotatable bonds is 3. The van der Waals surface area contributed by atoms with Crippen molar-refractivity contribution in [2.24, 2.45) is 0 Å². The fourth-order valence-electron chi connectivity index (χ4n) is 1.70. The van der Waals surface area contributed by atoms with E-state index >= 15 is 0 Å². The molecule has 0 saturated carbocycles. The summed E-state index contributed by atoms with van der Waals surface area (Å²) in [5.74, 6) is -1.27. The fraction of sp³-hybridized carbons (Fsp3) is 0.0769. The van der Waals surface area contributed by atoms with Gasteiger partial charge in [-0.1, -0.05) is 29.3 Å². The Hall–Kier alpha value is -1.30. The standard InChI is InChI=1S/C13H8BrCl2NO3/c14-8-3-10(13(19)20)12(18)17(6-8)5-7-1-2-9(15)4-11(7)16/h1-4,6H,5H2,(H,19,20). The third-order valence-electron chi connectivity index (χ3n) is 2.64. The summed E-state index contributed by atoms with van der Waals surface area (Å²) in [5, 5.41) is 9.90. The molecule has 0 atom stereocenters. The molecule has 1 heterocycles. The average molecular weight is 377 g/mol. The molecule has 20 heavy (non-hydrogen) atoms. The average Bonchev–Trinajstić information content (AvgIpc) is 2.36. The molecule has 1 N–H and O–H groups in total. The summed E-state index contributed by atoms with van der Waals surface area (Å²) in [7, 11) is 0. The molecule has 0 aliphatic rings. The van der Waals surface area contributed by atoms with Gasteiger partial charge in [-0.25, -0.2) is 4.79 Å². The summed E-state index contributed by atoms with van der Waals surface area (Å²) in [5.41, 5.74) is -0.219. The van der Waals surface area contributed by atoms with Crippen molar-refractivity contribution in [2.45, 2.75) is 6.54 Å². The Morgan fingerprint density at radius 2 is 2.00 bits per heavy atom. The van der Waals surface area contributed by atoms with Crippen molar-refractivity contribution in [1.29, 1.82) is 0 Å². The molecule has 2 aromatic rings. The van der Waals surface area contributed by atoms with E-state index in [0.717, 1.165) is 0 Å². The van der Waals surface area contributed by atoms with E-state index in [9.17, 15) is 9.59 Å². The first-order valence-electron chi connectivity index (χ1n) is 5.45. The van der Waals surface area contributed by atoms with E-state index in [0.29, 0.717) is 20.1 Å². The number of carbonyl (C=O) groups is 1. The maximum Gasteiger partial charge on any atom is 0.341 e. The molecular weight excluding hydrogens is 369 g/mol. The summed E-state index contributed by atoms with van der Waals surface area (Å²) in [6.45, 7) is 0.161. The van der Waals surface area contributed by atoms with Gasteiger partial charge < -0.3 is 9.67 Å². The number of carboxylic acids is 1. The smallest absolute Gasteiger partial charge is 0.341 e. The second-order valence-electron chi connectivity index (χ2n) is 4.05. The molecule has 1 aromatic carbocycles. The molecular formula is C13H8BrCl2NO3. The third kappa shape index (κ3) is 3.23. The molecule has 7 heteroatoms. The van der Waals surface area contributed by atoms with E-state index < -0.39 is 11.5 Å². The zero-order valence-corrected chi connectivity index (χ0v) is 13.0. The number of halogens is 3. The Morgan fingerprint density at radius 3 is 2.60 bits per heavy atom. The van der Waals surface area contributed by atoms with Gasteiger partial charge >= 0.3 is 5.97 Å². The van der Waals surface area contributed by atoms with Crippen LogP contribution < -0.4 is 5.56 Å². The first-order chi connectivity index (χ1) is 9.38. The highest BCUT2D eigenvalue weighted by atomic mass is 79.9. The number of aromatic nitrogens is 1.